The maximum Gasteiger partial charge on any atom is 0.189 e. The van der Waals surface area contributed by atoms with Crippen LogP contribution in [0, 0.1) is 0 Å². The average molecular weight is 428 g/mol. The second-order valence-electron chi connectivity index (χ2n) is 7.33. The third kappa shape index (κ3) is 5.72. The summed E-state index contributed by atoms with van der Waals surface area (Å²) in [6, 6.07) is 10.3. The number of likely N-dealkylation sites (tertiary alicyclic amines) is 1. The van der Waals surface area contributed by atoms with Crippen LogP contribution in [0.3, 0.4) is 0 Å². The number of carbonyl (C=O) groups is 1. The largest absolute Gasteiger partial charge is 0.507 e. The van der Waals surface area contributed by atoms with Gasteiger partial charge in [0.25, 0.3) is 0 Å². The predicted octanol–water partition coefficient (Wildman–Crippen LogP) is 4.46. The quantitative estimate of drug-likeness (QED) is 0.369. The lowest BCUT2D eigenvalue weighted by Crippen LogP contribution is -2.37. The Morgan fingerprint density at radius 1 is 1.33 bits per heavy atom. The summed E-state index contributed by atoms with van der Waals surface area (Å²) < 4.78 is 5.70. The molecule has 1 unspecified atom stereocenters. The molecule has 2 aromatic rings. The molecule has 158 valence electrons. The van der Waals surface area contributed by atoms with E-state index in [-0.39, 0.29) is 29.8 Å². The van der Waals surface area contributed by atoms with Gasteiger partial charge in [0.1, 0.15) is 18.1 Å². The van der Waals surface area contributed by atoms with Crippen molar-refractivity contribution in [2.24, 2.45) is 0 Å². The van der Waals surface area contributed by atoms with Crippen LogP contribution in [0.4, 0.5) is 0 Å². The Labute approximate surface area is 181 Å². The summed E-state index contributed by atoms with van der Waals surface area (Å²) in [5.74, 6) is 0.0204. The minimum absolute atomic E-state index is 0.148. The van der Waals surface area contributed by atoms with E-state index < -0.39 is 0 Å². The molecule has 3 rings (SSSR count). The maximum atomic E-state index is 12.8. The number of hydrogen-bond acceptors (Lipinski definition) is 5. The summed E-state index contributed by atoms with van der Waals surface area (Å²) in [6.07, 6.45) is 6.00. The number of hydrogen-bond donors (Lipinski definition) is 2. The van der Waals surface area contributed by atoms with E-state index in [2.05, 4.69) is 11.5 Å². The van der Waals surface area contributed by atoms with Crippen molar-refractivity contribution in [2.45, 2.75) is 25.5 Å². The van der Waals surface area contributed by atoms with E-state index in [9.17, 15) is 15.0 Å². The summed E-state index contributed by atoms with van der Waals surface area (Å²) in [6.45, 7) is 5.88. The lowest BCUT2D eigenvalue weighted by atomic mass is 10.0. The van der Waals surface area contributed by atoms with E-state index in [1.54, 1.807) is 24.3 Å². The molecule has 0 radical (unpaired) electrons. The van der Waals surface area contributed by atoms with Crippen LogP contribution in [-0.2, 0) is 6.54 Å². The highest BCUT2D eigenvalue weighted by molar-refractivity contribution is 6.32. The number of halogens is 1. The van der Waals surface area contributed by atoms with Gasteiger partial charge >= 0.3 is 0 Å². The first-order chi connectivity index (χ1) is 14.5. The minimum Gasteiger partial charge on any atom is -0.507 e. The summed E-state index contributed by atoms with van der Waals surface area (Å²) in [4.78, 5) is 14.9. The molecule has 1 heterocycles. The van der Waals surface area contributed by atoms with Gasteiger partial charge in [-0.25, -0.2) is 0 Å². The Balaban J connectivity index is 1.87. The highest BCUT2D eigenvalue weighted by atomic mass is 35.5. The van der Waals surface area contributed by atoms with Crippen LogP contribution in [0.2, 0.25) is 5.02 Å². The standard InChI is InChI=1S/C24H26ClNO4/c1-2-12-30-24-14-23(29)20(13-18(24)15-26-11-5-7-19(27)16-26)22(28)10-9-17-6-3-4-8-21(17)25/h2-4,6,8-10,13-14,19,27,29H,1,5,7,11-12,15-16H2/b10-9+. The summed E-state index contributed by atoms with van der Waals surface area (Å²) >= 11 is 6.14. The van der Waals surface area contributed by atoms with Gasteiger partial charge in [-0.1, -0.05) is 42.5 Å². The average Bonchev–Trinajstić information content (AvgIpc) is 2.73. The molecule has 6 heteroatoms. The van der Waals surface area contributed by atoms with Gasteiger partial charge in [-0.15, -0.1) is 0 Å². The fourth-order valence-electron chi connectivity index (χ4n) is 3.50. The number of allylic oxidation sites excluding steroid dienone is 1. The van der Waals surface area contributed by atoms with E-state index in [1.165, 1.54) is 12.1 Å². The Bertz CT molecular complexity index is 941. The molecule has 1 aliphatic rings. The van der Waals surface area contributed by atoms with Gasteiger partial charge in [0.15, 0.2) is 5.78 Å². The number of ketones is 1. The highest BCUT2D eigenvalue weighted by Crippen LogP contribution is 2.31. The van der Waals surface area contributed by atoms with Crippen LogP contribution < -0.4 is 4.74 Å². The van der Waals surface area contributed by atoms with Crippen molar-refractivity contribution >= 4 is 23.5 Å². The zero-order chi connectivity index (χ0) is 21.5. The molecule has 1 atom stereocenters. The zero-order valence-electron chi connectivity index (χ0n) is 16.8. The van der Waals surface area contributed by atoms with E-state index in [4.69, 9.17) is 16.3 Å². The molecule has 5 nitrogen and oxygen atoms in total. The summed E-state index contributed by atoms with van der Waals surface area (Å²) in [7, 11) is 0. The molecule has 30 heavy (non-hydrogen) atoms. The van der Waals surface area contributed by atoms with Crippen LogP contribution in [-0.4, -0.2) is 46.7 Å². The maximum absolute atomic E-state index is 12.8. The fraction of sp³-hybridized carbons (Fsp3) is 0.292. The first-order valence-electron chi connectivity index (χ1n) is 9.95. The Hall–Kier alpha value is -2.60. The van der Waals surface area contributed by atoms with Crippen LogP contribution in [0.15, 0.2) is 55.1 Å². The van der Waals surface area contributed by atoms with Gasteiger partial charge in [-0.05, 0) is 49.2 Å². The third-order valence-corrected chi connectivity index (χ3v) is 5.34. The number of phenolic OH excluding ortho intramolecular Hbond substituents is 1. The Morgan fingerprint density at radius 3 is 2.87 bits per heavy atom. The van der Waals surface area contributed by atoms with Crippen molar-refractivity contribution in [3.8, 4) is 11.5 Å². The number of aliphatic hydroxyl groups is 1. The van der Waals surface area contributed by atoms with E-state index >= 15 is 0 Å². The van der Waals surface area contributed by atoms with E-state index in [0.717, 1.165) is 30.5 Å². The van der Waals surface area contributed by atoms with Crippen molar-refractivity contribution in [2.75, 3.05) is 19.7 Å². The van der Waals surface area contributed by atoms with Gasteiger partial charge in [-0.2, -0.15) is 0 Å². The number of carbonyl (C=O) groups excluding carboxylic acids is 1. The van der Waals surface area contributed by atoms with E-state index in [0.29, 0.717) is 23.9 Å². The molecule has 0 bridgehead atoms. The van der Waals surface area contributed by atoms with Gasteiger partial charge < -0.3 is 14.9 Å². The van der Waals surface area contributed by atoms with Gasteiger partial charge in [0, 0.05) is 29.7 Å². The number of aromatic hydroxyl groups is 1. The van der Waals surface area contributed by atoms with Crippen molar-refractivity contribution in [3.63, 3.8) is 0 Å². The number of benzene rings is 2. The number of aliphatic hydroxyl groups excluding tert-OH is 1. The highest BCUT2D eigenvalue weighted by Gasteiger charge is 2.21. The van der Waals surface area contributed by atoms with Crippen LogP contribution in [0.5, 0.6) is 11.5 Å². The van der Waals surface area contributed by atoms with Crippen molar-refractivity contribution < 1.29 is 19.7 Å². The van der Waals surface area contributed by atoms with E-state index in [1.807, 2.05) is 18.2 Å². The smallest absolute Gasteiger partial charge is 0.189 e. The second kappa shape index (κ2) is 10.4. The van der Waals surface area contributed by atoms with Gasteiger partial charge in [0.05, 0.1) is 11.7 Å². The predicted molar refractivity (Wildman–Crippen MR) is 119 cm³/mol. The minimum atomic E-state index is -0.354. The molecule has 0 saturated carbocycles. The first kappa shape index (κ1) is 22.1. The summed E-state index contributed by atoms with van der Waals surface area (Å²) in [5, 5.41) is 20.9. The molecule has 2 N–H and O–H groups in total. The normalized spacial score (nSPS) is 17.2. The van der Waals surface area contributed by atoms with Crippen molar-refractivity contribution in [3.05, 3.63) is 76.8 Å². The molecule has 0 aliphatic carbocycles. The van der Waals surface area contributed by atoms with Crippen LogP contribution in [0.25, 0.3) is 6.08 Å². The number of piperidine rings is 1. The number of phenols is 1. The molecular weight excluding hydrogens is 402 g/mol. The molecule has 1 aliphatic heterocycles. The zero-order valence-corrected chi connectivity index (χ0v) is 17.5. The fourth-order valence-corrected chi connectivity index (χ4v) is 3.70. The Morgan fingerprint density at radius 2 is 2.13 bits per heavy atom. The number of β-amino-alcohol motifs (C(OH)–C–C–N with tert-alkyl or cyclic N) is 1. The molecule has 0 amide bonds. The monoisotopic (exact) mass is 427 g/mol. The van der Waals surface area contributed by atoms with Crippen LogP contribution in [0.1, 0.15) is 34.3 Å². The molecule has 2 aromatic carbocycles. The van der Waals surface area contributed by atoms with Crippen molar-refractivity contribution in [1.82, 2.24) is 4.90 Å². The molecule has 1 saturated heterocycles. The number of ether oxygens (including phenoxy) is 1. The van der Waals surface area contributed by atoms with Crippen molar-refractivity contribution in [1.29, 1.82) is 0 Å². The van der Waals surface area contributed by atoms with Gasteiger partial charge in [0.2, 0.25) is 0 Å². The second-order valence-corrected chi connectivity index (χ2v) is 7.73. The lowest BCUT2D eigenvalue weighted by molar-refractivity contribution is 0.0663. The molecular formula is C24H26ClNO4. The molecule has 0 aromatic heterocycles. The van der Waals surface area contributed by atoms with Crippen LogP contribution >= 0.6 is 11.6 Å². The summed E-state index contributed by atoms with van der Waals surface area (Å²) in [5.41, 5.74) is 1.69. The van der Waals surface area contributed by atoms with Gasteiger partial charge in [-0.3, -0.25) is 9.69 Å². The Kier molecular flexibility index (Phi) is 7.69. The third-order valence-electron chi connectivity index (χ3n) is 5.00. The lowest BCUT2D eigenvalue weighted by Gasteiger charge is -2.30. The molecule has 1 fully saturated rings. The molecule has 0 spiro atoms. The first-order valence-corrected chi connectivity index (χ1v) is 10.3. The number of rotatable bonds is 8. The topological polar surface area (TPSA) is 70.0 Å². The number of nitrogens with zero attached hydrogens (tertiary/aromatic N) is 1. The SMILES string of the molecule is C=CCOc1cc(O)c(C(=O)/C=C/c2ccccc2Cl)cc1CN1CCCC(O)C1.